The Balaban J connectivity index is 1.03. The van der Waals surface area contributed by atoms with Crippen molar-refractivity contribution in [1.29, 1.82) is 0 Å². The van der Waals surface area contributed by atoms with Crippen LogP contribution in [-0.4, -0.2) is 24.5 Å². The smallest absolute Gasteiger partial charge is 0.0789 e. The van der Waals surface area contributed by atoms with E-state index in [4.69, 9.17) is 9.97 Å². The van der Waals surface area contributed by atoms with Crippen molar-refractivity contribution >= 4 is 43.5 Å². The Bertz CT molecular complexity index is 3540. The molecule has 0 aliphatic carbocycles. The number of para-hydroxylation sites is 3. The molecule has 0 radical (unpaired) electrons. The highest BCUT2D eigenvalue weighted by Gasteiger charge is 2.18. The van der Waals surface area contributed by atoms with Crippen LogP contribution in [0.4, 0.5) is 0 Å². The molecule has 5 aromatic heterocycles. The molecule has 0 N–H and O–H groups in total. The van der Waals surface area contributed by atoms with Crippen LogP contribution in [0, 0.1) is 0 Å². The first-order valence-electron chi connectivity index (χ1n) is 21.2. The SMILES string of the molecule is c1ccc(-n2c3ccccc3c3cc4c(cc32)c(-c2cccc(-c3cc(-c5ccc(-c6ccncc6)cc5)nc(-c5ccc(-c6ccncc6)cc5)c3)c2)nc2ccccc24)cc1. The van der Waals surface area contributed by atoms with Crippen molar-refractivity contribution in [3.05, 3.63) is 225 Å². The summed E-state index contributed by atoms with van der Waals surface area (Å²) in [5.41, 5.74) is 17.0. The molecular weight excluding hydrogens is 767 g/mol. The highest BCUT2D eigenvalue weighted by molar-refractivity contribution is 6.20. The fraction of sp³-hybridized carbons (Fsp3) is 0. The van der Waals surface area contributed by atoms with Crippen LogP contribution >= 0.6 is 0 Å². The first kappa shape index (κ1) is 36.3. The molecule has 0 aliphatic rings. The van der Waals surface area contributed by atoms with Gasteiger partial charge in [0.1, 0.15) is 0 Å². The topological polar surface area (TPSA) is 56.5 Å². The lowest BCUT2D eigenvalue weighted by molar-refractivity contribution is 1.18. The molecule has 0 fully saturated rings. The van der Waals surface area contributed by atoms with Crippen LogP contribution in [0.5, 0.6) is 0 Å². The van der Waals surface area contributed by atoms with E-state index in [1.54, 1.807) is 0 Å². The molecule has 63 heavy (non-hydrogen) atoms. The average Bonchev–Trinajstić information content (AvgIpc) is 3.69. The lowest BCUT2D eigenvalue weighted by Gasteiger charge is -2.14. The van der Waals surface area contributed by atoms with Crippen molar-refractivity contribution in [1.82, 2.24) is 24.5 Å². The molecular formula is C58H37N5. The Hall–Kier alpha value is -8.54. The number of hydrogen-bond acceptors (Lipinski definition) is 4. The van der Waals surface area contributed by atoms with Crippen LogP contribution in [0.1, 0.15) is 0 Å². The van der Waals surface area contributed by atoms with Gasteiger partial charge in [0.05, 0.1) is 33.6 Å². The Morgan fingerprint density at radius 3 is 1.51 bits per heavy atom. The second kappa shape index (κ2) is 15.2. The minimum Gasteiger partial charge on any atom is -0.309 e. The number of pyridine rings is 4. The van der Waals surface area contributed by atoms with Crippen LogP contribution in [0.3, 0.4) is 0 Å². The Labute approximate surface area is 364 Å². The maximum atomic E-state index is 5.44. The molecule has 12 aromatic rings. The van der Waals surface area contributed by atoms with Gasteiger partial charge in [0.25, 0.3) is 0 Å². The van der Waals surface area contributed by atoms with Gasteiger partial charge in [-0.25, -0.2) is 9.97 Å². The number of hydrogen-bond donors (Lipinski definition) is 0. The third-order valence-corrected chi connectivity index (χ3v) is 12.2. The van der Waals surface area contributed by atoms with E-state index in [-0.39, 0.29) is 0 Å². The van der Waals surface area contributed by atoms with Crippen molar-refractivity contribution in [2.24, 2.45) is 0 Å². The van der Waals surface area contributed by atoms with E-state index in [9.17, 15) is 0 Å². The molecule has 0 unspecified atom stereocenters. The van der Waals surface area contributed by atoms with E-state index in [0.717, 1.165) is 94.6 Å². The van der Waals surface area contributed by atoms with E-state index in [2.05, 4.69) is 190 Å². The fourth-order valence-corrected chi connectivity index (χ4v) is 9.08. The maximum Gasteiger partial charge on any atom is 0.0789 e. The van der Waals surface area contributed by atoms with Gasteiger partial charge in [0, 0.05) is 68.7 Å². The number of rotatable bonds is 7. The average molecular weight is 804 g/mol. The van der Waals surface area contributed by atoms with Crippen molar-refractivity contribution in [2.75, 3.05) is 0 Å². The first-order valence-corrected chi connectivity index (χ1v) is 21.2. The molecule has 0 saturated carbocycles. The molecule has 5 nitrogen and oxygen atoms in total. The van der Waals surface area contributed by atoms with E-state index in [1.807, 2.05) is 49.1 Å². The predicted molar refractivity (Wildman–Crippen MR) is 260 cm³/mol. The van der Waals surface area contributed by atoms with Gasteiger partial charge in [-0.2, -0.15) is 0 Å². The number of benzene rings is 7. The molecule has 0 bridgehead atoms. The predicted octanol–water partition coefficient (Wildman–Crippen LogP) is 14.7. The third kappa shape index (κ3) is 6.51. The van der Waals surface area contributed by atoms with Gasteiger partial charge >= 0.3 is 0 Å². The molecule has 12 rings (SSSR count). The minimum atomic E-state index is 0.901. The van der Waals surface area contributed by atoms with Crippen molar-refractivity contribution < 1.29 is 0 Å². The summed E-state index contributed by atoms with van der Waals surface area (Å²) in [4.78, 5) is 19.2. The molecule has 7 aromatic carbocycles. The number of aromatic nitrogens is 5. The summed E-state index contributed by atoms with van der Waals surface area (Å²) in [5, 5.41) is 5.88. The summed E-state index contributed by atoms with van der Waals surface area (Å²) in [6, 6.07) is 71.3. The normalized spacial score (nSPS) is 11.5. The Morgan fingerprint density at radius 2 is 0.841 bits per heavy atom. The zero-order valence-corrected chi connectivity index (χ0v) is 34.1. The summed E-state index contributed by atoms with van der Waals surface area (Å²) >= 11 is 0. The highest BCUT2D eigenvalue weighted by Crippen LogP contribution is 2.41. The Kier molecular flexibility index (Phi) is 8.75. The molecule has 5 heteroatoms. The molecule has 0 spiro atoms. The molecule has 0 saturated heterocycles. The summed E-state index contributed by atoms with van der Waals surface area (Å²) in [6.07, 6.45) is 7.32. The quantitative estimate of drug-likeness (QED) is 0.151. The van der Waals surface area contributed by atoms with Crippen LogP contribution in [0.2, 0.25) is 0 Å². The first-order chi connectivity index (χ1) is 31.2. The summed E-state index contributed by atoms with van der Waals surface area (Å²) < 4.78 is 2.38. The van der Waals surface area contributed by atoms with Gasteiger partial charge in [-0.05, 0) is 118 Å². The second-order valence-corrected chi connectivity index (χ2v) is 15.9. The van der Waals surface area contributed by atoms with Gasteiger partial charge in [-0.1, -0.05) is 121 Å². The minimum absolute atomic E-state index is 0.901. The summed E-state index contributed by atoms with van der Waals surface area (Å²) in [7, 11) is 0. The lowest BCUT2D eigenvalue weighted by atomic mass is 9.94. The number of fused-ring (bicyclic) bond motifs is 6. The highest BCUT2D eigenvalue weighted by atomic mass is 15.0. The zero-order chi connectivity index (χ0) is 41.7. The van der Waals surface area contributed by atoms with E-state index in [1.165, 1.54) is 21.7 Å². The zero-order valence-electron chi connectivity index (χ0n) is 34.1. The van der Waals surface area contributed by atoms with E-state index < -0.39 is 0 Å². The Morgan fingerprint density at radius 1 is 0.286 bits per heavy atom. The van der Waals surface area contributed by atoms with Gasteiger partial charge in [0.15, 0.2) is 0 Å². The molecule has 5 heterocycles. The fourth-order valence-electron chi connectivity index (χ4n) is 9.08. The lowest BCUT2D eigenvalue weighted by Crippen LogP contribution is -1.95. The molecule has 0 amide bonds. The monoisotopic (exact) mass is 803 g/mol. The van der Waals surface area contributed by atoms with Gasteiger partial charge in [-0.15, -0.1) is 0 Å². The van der Waals surface area contributed by atoms with E-state index >= 15 is 0 Å². The van der Waals surface area contributed by atoms with Crippen LogP contribution in [-0.2, 0) is 0 Å². The van der Waals surface area contributed by atoms with Crippen LogP contribution < -0.4 is 0 Å². The maximum absolute atomic E-state index is 5.44. The van der Waals surface area contributed by atoms with Crippen molar-refractivity contribution in [3.63, 3.8) is 0 Å². The van der Waals surface area contributed by atoms with E-state index in [0.29, 0.717) is 0 Å². The van der Waals surface area contributed by atoms with Gasteiger partial charge in [-0.3, -0.25) is 9.97 Å². The largest absolute Gasteiger partial charge is 0.309 e. The standard InChI is InChI=1S/C58H37N5/c1-2-11-47(12-3-1)63-56-16-7-5-14-49(56)51-36-50-48-13-4-6-15-53(48)62-58(52(50)37-57(51)63)45-10-8-9-44(33-45)46-34-54(42-21-17-38(18-22-42)40-25-29-59-30-26-40)61-55(35-46)43-23-19-39(20-24-43)41-27-31-60-32-28-41/h1-37H. The molecule has 294 valence electrons. The van der Waals surface area contributed by atoms with Gasteiger partial charge in [0.2, 0.25) is 0 Å². The number of nitrogens with zero attached hydrogens (tertiary/aromatic N) is 5. The third-order valence-electron chi connectivity index (χ3n) is 12.2. The summed E-state index contributed by atoms with van der Waals surface area (Å²) in [5.74, 6) is 0. The second-order valence-electron chi connectivity index (χ2n) is 15.9. The van der Waals surface area contributed by atoms with Crippen LogP contribution in [0.25, 0.3) is 116 Å². The van der Waals surface area contributed by atoms with Gasteiger partial charge < -0.3 is 4.57 Å². The van der Waals surface area contributed by atoms with Crippen molar-refractivity contribution in [3.8, 4) is 72.8 Å². The molecule has 0 atom stereocenters. The van der Waals surface area contributed by atoms with Crippen LogP contribution in [0.15, 0.2) is 225 Å². The van der Waals surface area contributed by atoms with Crippen molar-refractivity contribution in [2.45, 2.75) is 0 Å². The summed E-state index contributed by atoms with van der Waals surface area (Å²) in [6.45, 7) is 0. The molecule has 0 aliphatic heterocycles.